The first kappa shape index (κ1) is 16.1. The van der Waals surface area contributed by atoms with Crippen LogP contribution < -0.4 is 15.6 Å². The number of carbonyl (C=O) groups excluding carboxylic acids is 1. The minimum atomic E-state index is -0.312. The van der Waals surface area contributed by atoms with E-state index in [2.05, 4.69) is 15.6 Å². The molecule has 0 spiro atoms. The van der Waals surface area contributed by atoms with Crippen molar-refractivity contribution in [2.45, 2.75) is 19.5 Å². The van der Waals surface area contributed by atoms with Gasteiger partial charge in [0, 0.05) is 0 Å². The number of benzene rings is 1. The summed E-state index contributed by atoms with van der Waals surface area (Å²) in [6.07, 6.45) is 0. The lowest BCUT2D eigenvalue weighted by molar-refractivity contribution is -0.122. The lowest BCUT2D eigenvalue weighted by atomic mass is 10.1. The van der Waals surface area contributed by atoms with Gasteiger partial charge in [-0.1, -0.05) is 17.3 Å². The molecule has 1 aromatic carbocycles. The van der Waals surface area contributed by atoms with Crippen molar-refractivity contribution in [3.8, 4) is 5.75 Å². The Bertz CT molecular complexity index is 917. The Morgan fingerprint density at radius 1 is 1.33 bits per heavy atom. The monoisotopic (exact) mass is 344 g/mol. The second-order valence-electron chi connectivity index (χ2n) is 5.25. The van der Waals surface area contributed by atoms with E-state index in [1.807, 2.05) is 31.2 Å². The minimum absolute atomic E-state index is 0.169. The number of carbonyl (C=O) groups is 1. The van der Waals surface area contributed by atoms with Crippen LogP contribution in [0.4, 0.5) is 0 Å². The maximum atomic E-state index is 12.2. The Morgan fingerprint density at radius 2 is 2.08 bits per heavy atom. The first-order valence-electron chi connectivity index (χ1n) is 7.33. The molecule has 0 aliphatic carbocycles. The Morgan fingerprint density at radius 3 is 2.79 bits per heavy atom. The molecular weight excluding hydrogens is 328 g/mol. The van der Waals surface area contributed by atoms with Crippen LogP contribution in [-0.2, 0) is 11.3 Å². The molecule has 7 nitrogen and oxygen atoms in total. The maximum absolute atomic E-state index is 12.2. The zero-order valence-corrected chi connectivity index (χ0v) is 14.0. The summed E-state index contributed by atoms with van der Waals surface area (Å²) in [5.41, 5.74) is 0.629. The second kappa shape index (κ2) is 6.79. The number of methoxy groups -OCH3 is 1. The van der Waals surface area contributed by atoms with Gasteiger partial charge in [-0.05, 0) is 36.1 Å². The topological polar surface area (TPSA) is 86.1 Å². The fourth-order valence-electron chi connectivity index (χ4n) is 2.32. The van der Waals surface area contributed by atoms with Crippen LogP contribution in [0.5, 0.6) is 5.75 Å². The lowest BCUT2D eigenvalue weighted by Gasteiger charge is -2.15. The molecule has 8 heteroatoms. The van der Waals surface area contributed by atoms with Crippen molar-refractivity contribution in [2.75, 3.05) is 7.11 Å². The highest BCUT2D eigenvalue weighted by Gasteiger charge is 2.13. The molecule has 124 valence electrons. The predicted molar refractivity (Wildman–Crippen MR) is 91.2 cm³/mol. The Kier molecular flexibility index (Phi) is 4.57. The third-order valence-corrected chi connectivity index (χ3v) is 4.44. The van der Waals surface area contributed by atoms with E-state index in [9.17, 15) is 9.59 Å². The van der Waals surface area contributed by atoms with Crippen LogP contribution in [0.3, 0.4) is 0 Å². The van der Waals surface area contributed by atoms with Gasteiger partial charge in [-0.3, -0.25) is 9.59 Å². The Labute approximate surface area is 141 Å². The minimum Gasteiger partial charge on any atom is -0.497 e. The van der Waals surface area contributed by atoms with Crippen LogP contribution in [0, 0.1) is 0 Å². The molecule has 1 N–H and O–H groups in total. The predicted octanol–water partition coefficient (Wildman–Crippen LogP) is 1.74. The van der Waals surface area contributed by atoms with Crippen molar-refractivity contribution in [2.24, 2.45) is 0 Å². The van der Waals surface area contributed by atoms with Crippen LogP contribution >= 0.6 is 11.3 Å². The molecule has 2 aromatic heterocycles. The summed E-state index contributed by atoms with van der Waals surface area (Å²) in [4.78, 5) is 25.0. The Hall–Kier alpha value is -2.74. The normalized spacial score (nSPS) is 12.1. The Balaban J connectivity index is 1.69. The van der Waals surface area contributed by atoms with E-state index in [4.69, 9.17) is 4.74 Å². The van der Waals surface area contributed by atoms with Crippen molar-refractivity contribution < 1.29 is 9.53 Å². The fourth-order valence-corrected chi connectivity index (χ4v) is 3.02. The molecule has 24 heavy (non-hydrogen) atoms. The maximum Gasteiger partial charge on any atom is 0.278 e. The molecule has 3 aromatic rings. The second-order valence-corrected chi connectivity index (χ2v) is 6.15. The molecule has 0 radical (unpaired) electrons. The number of thiophene rings is 1. The average Bonchev–Trinajstić information content (AvgIpc) is 3.07. The summed E-state index contributed by atoms with van der Waals surface area (Å²) in [5, 5.41) is 12.9. The summed E-state index contributed by atoms with van der Waals surface area (Å²) >= 11 is 1.34. The van der Waals surface area contributed by atoms with Crippen molar-refractivity contribution in [1.82, 2.24) is 20.3 Å². The molecule has 0 aliphatic heterocycles. The van der Waals surface area contributed by atoms with Gasteiger partial charge in [-0.2, -0.15) is 0 Å². The zero-order chi connectivity index (χ0) is 17.1. The largest absolute Gasteiger partial charge is 0.497 e. The summed E-state index contributed by atoms with van der Waals surface area (Å²) in [7, 11) is 1.60. The molecule has 2 heterocycles. The van der Waals surface area contributed by atoms with Crippen molar-refractivity contribution in [3.63, 3.8) is 0 Å². The molecule has 1 atom stereocenters. The summed E-state index contributed by atoms with van der Waals surface area (Å²) in [6.45, 7) is 1.70. The number of hydrogen-bond acceptors (Lipinski definition) is 6. The quantitative estimate of drug-likeness (QED) is 0.762. The zero-order valence-electron chi connectivity index (χ0n) is 13.2. The highest BCUT2D eigenvalue weighted by molar-refractivity contribution is 7.16. The number of rotatable bonds is 5. The van der Waals surface area contributed by atoms with E-state index >= 15 is 0 Å². The number of nitrogens with zero attached hydrogens (tertiary/aromatic N) is 3. The van der Waals surface area contributed by atoms with Gasteiger partial charge in [0.25, 0.3) is 5.56 Å². The first-order valence-corrected chi connectivity index (χ1v) is 8.21. The highest BCUT2D eigenvalue weighted by Crippen LogP contribution is 2.17. The number of aromatic nitrogens is 3. The standard InChI is InChI=1S/C16H16N4O3S/c1-10(11-3-5-12(23-2)6-4-11)17-14(21)9-20-16(22)13-7-8-24-15(13)18-19-20/h3-8,10H,9H2,1-2H3,(H,17,21)/t10-/m0/s1. The molecule has 0 saturated heterocycles. The molecule has 3 rings (SSSR count). The summed E-state index contributed by atoms with van der Waals surface area (Å²) in [6, 6.07) is 8.92. The molecule has 0 unspecified atom stereocenters. The number of nitrogens with one attached hydrogen (secondary N) is 1. The van der Waals surface area contributed by atoms with Crippen molar-refractivity contribution in [3.05, 3.63) is 51.6 Å². The average molecular weight is 344 g/mol. The summed E-state index contributed by atoms with van der Waals surface area (Å²) in [5.74, 6) is 0.451. The molecule has 0 aliphatic rings. The molecular formula is C16H16N4O3S. The van der Waals surface area contributed by atoms with E-state index < -0.39 is 0 Å². The molecule has 0 saturated carbocycles. The van der Waals surface area contributed by atoms with E-state index in [-0.39, 0.29) is 24.1 Å². The van der Waals surface area contributed by atoms with Crippen LogP contribution in [0.2, 0.25) is 0 Å². The van der Waals surface area contributed by atoms with E-state index in [0.717, 1.165) is 16.0 Å². The van der Waals surface area contributed by atoms with Gasteiger partial charge in [0.05, 0.1) is 18.5 Å². The number of ether oxygens (including phenoxy) is 1. The van der Waals surface area contributed by atoms with Crippen molar-refractivity contribution in [1.29, 1.82) is 0 Å². The van der Waals surface area contributed by atoms with Crippen LogP contribution in [0.25, 0.3) is 10.2 Å². The SMILES string of the molecule is COc1ccc([C@H](C)NC(=O)Cn2nnc3sccc3c2=O)cc1. The van der Waals surface area contributed by atoms with Crippen molar-refractivity contribution >= 4 is 27.5 Å². The third kappa shape index (κ3) is 3.28. The van der Waals surface area contributed by atoms with Gasteiger partial charge < -0.3 is 10.1 Å². The molecule has 0 bridgehead atoms. The van der Waals surface area contributed by atoms with Gasteiger partial charge in [-0.25, -0.2) is 4.68 Å². The number of hydrogen-bond donors (Lipinski definition) is 1. The van der Waals surface area contributed by atoms with Crippen LogP contribution in [0.1, 0.15) is 18.5 Å². The summed E-state index contributed by atoms with van der Waals surface area (Å²) < 4.78 is 6.19. The van der Waals surface area contributed by atoms with Gasteiger partial charge in [-0.15, -0.1) is 16.4 Å². The van der Waals surface area contributed by atoms with E-state index in [1.165, 1.54) is 11.3 Å². The van der Waals surface area contributed by atoms with E-state index in [1.54, 1.807) is 18.6 Å². The van der Waals surface area contributed by atoms with Crippen LogP contribution in [0.15, 0.2) is 40.5 Å². The van der Waals surface area contributed by atoms with Gasteiger partial charge in [0.2, 0.25) is 5.91 Å². The number of amides is 1. The number of fused-ring (bicyclic) bond motifs is 1. The fraction of sp³-hybridized carbons (Fsp3) is 0.250. The third-order valence-electron chi connectivity index (χ3n) is 3.64. The molecule has 1 amide bonds. The molecule has 0 fully saturated rings. The van der Waals surface area contributed by atoms with Crippen LogP contribution in [-0.4, -0.2) is 28.0 Å². The lowest BCUT2D eigenvalue weighted by Crippen LogP contribution is -2.35. The first-order chi connectivity index (χ1) is 11.6. The van der Waals surface area contributed by atoms with Gasteiger partial charge in [0.1, 0.15) is 12.3 Å². The smallest absolute Gasteiger partial charge is 0.278 e. The van der Waals surface area contributed by atoms with Gasteiger partial charge >= 0.3 is 0 Å². The highest BCUT2D eigenvalue weighted by atomic mass is 32.1. The van der Waals surface area contributed by atoms with E-state index in [0.29, 0.717) is 10.2 Å². The van der Waals surface area contributed by atoms with Gasteiger partial charge in [0.15, 0.2) is 4.83 Å².